The van der Waals surface area contributed by atoms with Crippen molar-refractivity contribution in [2.75, 3.05) is 11.9 Å². The van der Waals surface area contributed by atoms with Gasteiger partial charge in [-0.25, -0.2) is 15.0 Å². The van der Waals surface area contributed by atoms with Crippen LogP contribution in [0.5, 0.6) is 5.88 Å². The van der Waals surface area contributed by atoms with Gasteiger partial charge in [-0.3, -0.25) is 0 Å². The van der Waals surface area contributed by atoms with Gasteiger partial charge in [-0.1, -0.05) is 11.6 Å². The number of fused-ring (bicyclic) bond motifs is 2. The molecule has 0 amide bonds. The van der Waals surface area contributed by atoms with Crippen LogP contribution in [-0.2, 0) is 6.42 Å². The third kappa shape index (κ3) is 3.70. The van der Waals surface area contributed by atoms with E-state index < -0.39 is 5.60 Å². The molecule has 3 aromatic rings. The van der Waals surface area contributed by atoms with Gasteiger partial charge in [0.05, 0.1) is 17.9 Å². The third-order valence-corrected chi connectivity index (χ3v) is 6.15. The molecule has 2 N–H and O–H groups in total. The standard InChI is InChI=1S/C21H25ClN6O2/c1-12-19(25-14-4-3-9-30-20(14)23-12)15-10-17-26-16(22)11-18(28(17)27-15)24-13-5-7-21(2,29)8-6-13/h10-11,13,24,29H,3-9H2,1-2H3/t13-,21-. The van der Waals surface area contributed by atoms with Crippen LogP contribution in [0.15, 0.2) is 12.1 Å². The number of hydrogen-bond donors (Lipinski definition) is 2. The number of nitrogens with one attached hydrogen (secondary N) is 1. The summed E-state index contributed by atoms with van der Waals surface area (Å²) in [7, 11) is 0. The second-order valence-corrected chi connectivity index (χ2v) is 8.93. The molecule has 2 aliphatic rings. The number of aliphatic hydroxyl groups is 1. The average molecular weight is 429 g/mol. The van der Waals surface area contributed by atoms with Gasteiger partial charge in [0, 0.05) is 18.2 Å². The Morgan fingerprint density at radius 1 is 1.23 bits per heavy atom. The number of aryl methyl sites for hydroxylation is 2. The van der Waals surface area contributed by atoms with E-state index in [2.05, 4.69) is 15.3 Å². The Balaban J connectivity index is 1.50. The van der Waals surface area contributed by atoms with Gasteiger partial charge < -0.3 is 15.2 Å². The second kappa shape index (κ2) is 7.35. The summed E-state index contributed by atoms with van der Waals surface area (Å²) in [6.45, 7) is 4.50. The van der Waals surface area contributed by atoms with Crippen LogP contribution in [0.3, 0.4) is 0 Å². The Bertz CT molecular complexity index is 1100. The summed E-state index contributed by atoms with van der Waals surface area (Å²) in [6.07, 6.45) is 5.10. The third-order valence-electron chi connectivity index (χ3n) is 5.96. The maximum absolute atomic E-state index is 10.2. The molecule has 1 fully saturated rings. The normalized spacial score (nSPS) is 23.8. The molecule has 0 bridgehead atoms. The minimum absolute atomic E-state index is 0.252. The zero-order valence-corrected chi connectivity index (χ0v) is 17.9. The Morgan fingerprint density at radius 3 is 2.83 bits per heavy atom. The summed E-state index contributed by atoms with van der Waals surface area (Å²) in [5.41, 5.74) is 3.16. The molecule has 1 saturated carbocycles. The first-order valence-corrected chi connectivity index (χ1v) is 10.8. The minimum atomic E-state index is -0.575. The van der Waals surface area contributed by atoms with Crippen LogP contribution in [0.4, 0.5) is 5.82 Å². The quantitative estimate of drug-likeness (QED) is 0.615. The van der Waals surface area contributed by atoms with Crippen molar-refractivity contribution in [1.29, 1.82) is 0 Å². The fourth-order valence-electron chi connectivity index (χ4n) is 4.22. The fourth-order valence-corrected chi connectivity index (χ4v) is 4.41. The first-order valence-electron chi connectivity index (χ1n) is 10.4. The minimum Gasteiger partial charge on any atom is -0.476 e. The van der Waals surface area contributed by atoms with E-state index in [0.717, 1.165) is 61.4 Å². The lowest BCUT2D eigenvalue weighted by Gasteiger charge is -2.33. The van der Waals surface area contributed by atoms with E-state index in [4.69, 9.17) is 26.4 Å². The monoisotopic (exact) mass is 428 g/mol. The van der Waals surface area contributed by atoms with E-state index in [-0.39, 0.29) is 6.04 Å². The lowest BCUT2D eigenvalue weighted by atomic mass is 9.84. The van der Waals surface area contributed by atoms with E-state index in [1.54, 1.807) is 10.6 Å². The Hall–Kier alpha value is -2.45. The molecule has 0 saturated heterocycles. The van der Waals surface area contributed by atoms with E-state index in [1.807, 2.05) is 19.9 Å². The lowest BCUT2D eigenvalue weighted by molar-refractivity contribution is 0.0196. The van der Waals surface area contributed by atoms with Crippen molar-refractivity contribution in [3.63, 3.8) is 0 Å². The molecule has 1 aliphatic heterocycles. The number of halogens is 1. The number of rotatable bonds is 3. The summed E-state index contributed by atoms with van der Waals surface area (Å²) in [4.78, 5) is 13.8. The van der Waals surface area contributed by atoms with Crippen LogP contribution in [0.25, 0.3) is 17.0 Å². The molecule has 5 rings (SSSR count). The molecule has 0 unspecified atom stereocenters. The van der Waals surface area contributed by atoms with E-state index in [1.165, 1.54) is 0 Å². The molecule has 3 aromatic heterocycles. The summed E-state index contributed by atoms with van der Waals surface area (Å²) >= 11 is 6.29. The van der Waals surface area contributed by atoms with Crippen molar-refractivity contribution in [3.05, 3.63) is 28.7 Å². The van der Waals surface area contributed by atoms with Crippen molar-refractivity contribution in [2.24, 2.45) is 0 Å². The topological polar surface area (TPSA) is 97.5 Å². The highest BCUT2D eigenvalue weighted by Gasteiger charge is 2.29. The van der Waals surface area contributed by atoms with Crippen molar-refractivity contribution >= 4 is 23.1 Å². The molecular weight excluding hydrogens is 404 g/mol. The smallest absolute Gasteiger partial charge is 0.235 e. The lowest BCUT2D eigenvalue weighted by Crippen LogP contribution is -2.36. The van der Waals surface area contributed by atoms with Crippen LogP contribution in [0, 0.1) is 6.92 Å². The van der Waals surface area contributed by atoms with Crippen LogP contribution in [0.1, 0.15) is 50.4 Å². The number of anilines is 1. The van der Waals surface area contributed by atoms with E-state index >= 15 is 0 Å². The molecule has 30 heavy (non-hydrogen) atoms. The fraction of sp³-hybridized carbons (Fsp3) is 0.524. The van der Waals surface area contributed by atoms with Gasteiger partial charge in [0.15, 0.2) is 5.65 Å². The molecule has 0 spiro atoms. The second-order valence-electron chi connectivity index (χ2n) is 8.54. The number of aromatic nitrogens is 5. The molecule has 4 heterocycles. The predicted molar refractivity (Wildman–Crippen MR) is 114 cm³/mol. The zero-order chi connectivity index (χ0) is 20.9. The largest absolute Gasteiger partial charge is 0.476 e. The molecule has 8 nitrogen and oxygen atoms in total. The first kappa shape index (κ1) is 19.5. The maximum atomic E-state index is 10.2. The highest BCUT2D eigenvalue weighted by atomic mass is 35.5. The van der Waals surface area contributed by atoms with Gasteiger partial charge in [0.2, 0.25) is 5.88 Å². The van der Waals surface area contributed by atoms with Crippen molar-refractivity contribution in [1.82, 2.24) is 24.6 Å². The van der Waals surface area contributed by atoms with Gasteiger partial charge in [-0.2, -0.15) is 9.61 Å². The summed E-state index contributed by atoms with van der Waals surface area (Å²) < 4.78 is 7.40. The van der Waals surface area contributed by atoms with Crippen molar-refractivity contribution in [3.8, 4) is 17.3 Å². The number of hydrogen-bond acceptors (Lipinski definition) is 7. The van der Waals surface area contributed by atoms with Gasteiger partial charge >= 0.3 is 0 Å². The van der Waals surface area contributed by atoms with Crippen LogP contribution in [0.2, 0.25) is 5.15 Å². The highest BCUT2D eigenvalue weighted by molar-refractivity contribution is 6.29. The zero-order valence-electron chi connectivity index (χ0n) is 17.2. The van der Waals surface area contributed by atoms with Gasteiger partial charge in [0.1, 0.15) is 28.1 Å². The molecule has 1 aliphatic carbocycles. The number of ether oxygens (including phenoxy) is 1. The summed E-state index contributed by atoms with van der Waals surface area (Å²) in [6, 6.07) is 3.93. The first-order chi connectivity index (χ1) is 14.4. The van der Waals surface area contributed by atoms with Gasteiger partial charge in [0.25, 0.3) is 0 Å². The van der Waals surface area contributed by atoms with Crippen LogP contribution < -0.4 is 10.1 Å². The predicted octanol–water partition coefficient (Wildman–Crippen LogP) is 3.58. The summed E-state index contributed by atoms with van der Waals surface area (Å²) in [5, 5.41) is 18.9. The molecular formula is C21H25ClN6O2. The van der Waals surface area contributed by atoms with Crippen LogP contribution in [-0.4, -0.2) is 47.9 Å². The SMILES string of the molecule is Cc1nc2c(nc1-c1cc3nc(Cl)cc(N[C@H]4CC[C@](C)(O)CC4)n3n1)CCCO2. The van der Waals surface area contributed by atoms with Crippen molar-refractivity contribution < 1.29 is 9.84 Å². The van der Waals surface area contributed by atoms with Crippen LogP contribution >= 0.6 is 11.6 Å². The molecule has 9 heteroatoms. The maximum Gasteiger partial charge on any atom is 0.235 e. The highest BCUT2D eigenvalue weighted by Crippen LogP contribution is 2.31. The average Bonchev–Trinajstić information content (AvgIpc) is 3.13. The number of nitrogens with zero attached hydrogens (tertiary/aromatic N) is 5. The summed E-state index contributed by atoms with van der Waals surface area (Å²) in [5.74, 6) is 1.41. The van der Waals surface area contributed by atoms with Gasteiger partial charge in [-0.05, 0) is 52.4 Å². The van der Waals surface area contributed by atoms with Crippen molar-refractivity contribution in [2.45, 2.75) is 64.0 Å². The molecule has 158 valence electrons. The Kier molecular flexibility index (Phi) is 4.78. The Morgan fingerprint density at radius 2 is 2.03 bits per heavy atom. The van der Waals surface area contributed by atoms with Gasteiger partial charge in [-0.15, -0.1) is 0 Å². The Labute approximate surface area is 179 Å². The molecule has 0 radical (unpaired) electrons. The molecule has 0 aromatic carbocycles. The van der Waals surface area contributed by atoms with E-state index in [0.29, 0.717) is 29.0 Å². The van der Waals surface area contributed by atoms with E-state index in [9.17, 15) is 5.11 Å². The molecule has 0 atom stereocenters.